The van der Waals surface area contributed by atoms with E-state index in [0.717, 1.165) is 19.3 Å². The second-order valence-electron chi connectivity index (χ2n) is 3.03. The van der Waals surface area contributed by atoms with E-state index in [1.54, 1.807) is 0 Å². The van der Waals surface area contributed by atoms with E-state index in [1.807, 2.05) is 6.92 Å². The molecule has 1 aliphatic carbocycles. The van der Waals surface area contributed by atoms with E-state index in [1.165, 1.54) is 0 Å². The summed E-state index contributed by atoms with van der Waals surface area (Å²) in [5, 5.41) is 0. The molecule has 0 aliphatic heterocycles. The Morgan fingerprint density at radius 3 is 2.64 bits per heavy atom. The van der Waals surface area contributed by atoms with Gasteiger partial charge in [0.15, 0.2) is 0 Å². The van der Waals surface area contributed by atoms with Crippen LogP contribution in [0, 0.1) is 5.92 Å². The monoisotopic (exact) mass is 174 g/mol. The van der Waals surface area contributed by atoms with E-state index < -0.39 is 10.8 Å². The van der Waals surface area contributed by atoms with Crippen LogP contribution < -0.4 is 0 Å². The summed E-state index contributed by atoms with van der Waals surface area (Å²) in [5.74, 6) is 1.48. The molecule has 0 heterocycles. The normalized spacial score (nSPS) is 19.7. The number of carbonyl (C=O) groups is 1. The summed E-state index contributed by atoms with van der Waals surface area (Å²) in [6.07, 6.45) is 2.97. The number of ketones is 1. The molecule has 1 aliphatic rings. The standard InChI is InChI=1S/C8H14O2S/c1-2-5-11(10)6-8(9)7-3-4-7/h7H,2-6H2,1H3. The molecule has 0 bridgehead atoms. The third-order valence-corrected chi connectivity index (χ3v) is 3.24. The highest BCUT2D eigenvalue weighted by Gasteiger charge is 2.29. The number of carbonyl (C=O) groups excluding carboxylic acids is 1. The Bertz CT molecular complexity index is 173. The molecule has 11 heavy (non-hydrogen) atoms. The highest BCUT2D eigenvalue weighted by molar-refractivity contribution is 7.85. The molecule has 64 valence electrons. The van der Waals surface area contributed by atoms with Crippen LogP contribution in [0.3, 0.4) is 0 Å². The van der Waals surface area contributed by atoms with Crippen molar-refractivity contribution >= 4 is 16.6 Å². The summed E-state index contributed by atoms with van der Waals surface area (Å²) in [7, 11) is -0.880. The van der Waals surface area contributed by atoms with Gasteiger partial charge < -0.3 is 0 Å². The molecule has 0 spiro atoms. The molecule has 1 atom stereocenters. The largest absolute Gasteiger partial charge is 0.298 e. The third kappa shape index (κ3) is 3.14. The van der Waals surface area contributed by atoms with Gasteiger partial charge in [-0.25, -0.2) is 0 Å². The second-order valence-corrected chi connectivity index (χ2v) is 4.61. The first-order valence-corrected chi connectivity index (χ1v) is 5.60. The Morgan fingerprint density at radius 1 is 1.55 bits per heavy atom. The van der Waals surface area contributed by atoms with Crippen LogP contribution in [-0.2, 0) is 15.6 Å². The molecule has 0 N–H and O–H groups in total. The van der Waals surface area contributed by atoms with E-state index >= 15 is 0 Å². The Kier molecular flexibility index (Phi) is 3.24. The van der Waals surface area contributed by atoms with Crippen molar-refractivity contribution in [3.8, 4) is 0 Å². The average molecular weight is 174 g/mol. The van der Waals surface area contributed by atoms with Gasteiger partial charge in [0.1, 0.15) is 5.78 Å². The lowest BCUT2D eigenvalue weighted by Crippen LogP contribution is -2.13. The highest BCUT2D eigenvalue weighted by atomic mass is 32.2. The van der Waals surface area contributed by atoms with Crippen LogP contribution in [-0.4, -0.2) is 21.5 Å². The topological polar surface area (TPSA) is 34.1 Å². The zero-order valence-corrected chi connectivity index (χ0v) is 7.65. The minimum Gasteiger partial charge on any atom is -0.298 e. The summed E-state index contributed by atoms with van der Waals surface area (Å²) in [6, 6.07) is 0. The zero-order chi connectivity index (χ0) is 8.27. The highest BCUT2D eigenvalue weighted by Crippen LogP contribution is 2.29. The fourth-order valence-corrected chi connectivity index (χ4v) is 2.13. The first kappa shape index (κ1) is 8.91. The molecule has 3 heteroatoms. The smallest absolute Gasteiger partial charge is 0.148 e. The van der Waals surface area contributed by atoms with E-state index in [2.05, 4.69) is 0 Å². The van der Waals surface area contributed by atoms with Gasteiger partial charge in [-0.2, -0.15) is 0 Å². The van der Waals surface area contributed by atoms with Crippen molar-refractivity contribution in [2.24, 2.45) is 5.92 Å². The Hall–Kier alpha value is -0.180. The van der Waals surface area contributed by atoms with Crippen LogP contribution in [0.15, 0.2) is 0 Å². The molecule has 1 fully saturated rings. The van der Waals surface area contributed by atoms with Crippen molar-refractivity contribution in [1.82, 2.24) is 0 Å². The Labute approximate surface area is 69.8 Å². The van der Waals surface area contributed by atoms with Crippen LogP contribution >= 0.6 is 0 Å². The number of rotatable bonds is 5. The fourth-order valence-electron chi connectivity index (χ4n) is 0.982. The molecule has 1 unspecified atom stereocenters. The summed E-state index contributed by atoms with van der Waals surface area (Å²) >= 11 is 0. The van der Waals surface area contributed by atoms with Gasteiger partial charge in [-0.15, -0.1) is 0 Å². The zero-order valence-electron chi connectivity index (χ0n) is 6.84. The molecule has 0 aromatic carbocycles. The summed E-state index contributed by atoms with van der Waals surface area (Å²) in [6.45, 7) is 1.99. The summed E-state index contributed by atoms with van der Waals surface area (Å²) in [4.78, 5) is 11.1. The maximum absolute atomic E-state index is 11.1. The van der Waals surface area contributed by atoms with Crippen LogP contribution in [0.4, 0.5) is 0 Å². The van der Waals surface area contributed by atoms with E-state index in [9.17, 15) is 9.00 Å². The molecule has 1 rings (SSSR count). The summed E-state index contributed by atoms with van der Waals surface area (Å²) in [5.41, 5.74) is 0. The lowest BCUT2D eigenvalue weighted by atomic mass is 10.3. The first-order chi connectivity index (χ1) is 5.24. The van der Waals surface area contributed by atoms with E-state index in [-0.39, 0.29) is 11.7 Å². The van der Waals surface area contributed by atoms with Crippen LogP contribution in [0.25, 0.3) is 0 Å². The van der Waals surface area contributed by atoms with Gasteiger partial charge >= 0.3 is 0 Å². The fraction of sp³-hybridized carbons (Fsp3) is 0.875. The lowest BCUT2D eigenvalue weighted by Gasteiger charge is -1.96. The maximum Gasteiger partial charge on any atom is 0.148 e. The van der Waals surface area contributed by atoms with E-state index in [0.29, 0.717) is 11.5 Å². The molecule has 0 aromatic heterocycles. The third-order valence-electron chi connectivity index (χ3n) is 1.77. The quantitative estimate of drug-likeness (QED) is 0.626. The van der Waals surface area contributed by atoms with Gasteiger partial charge in [-0.3, -0.25) is 9.00 Å². The van der Waals surface area contributed by atoms with Crippen molar-refractivity contribution in [3.63, 3.8) is 0 Å². The van der Waals surface area contributed by atoms with Gasteiger partial charge in [0, 0.05) is 22.5 Å². The van der Waals surface area contributed by atoms with Crippen molar-refractivity contribution in [3.05, 3.63) is 0 Å². The number of Topliss-reactive ketones (excluding diaryl/α,β-unsaturated/α-hetero) is 1. The van der Waals surface area contributed by atoms with Crippen LogP contribution in [0.2, 0.25) is 0 Å². The van der Waals surface area contributed by atoms with Crippen LogP contribution in [0.1, 0.15) is 26.2 Å². The van der Waals surface area contributed by atoms with Crippen molar-refractivity contribution in [2.45, 2.75) is 26.2 Å². The molecule has 2 nitrogen and oxygen atoms in total. The van der Waals surface area contributed by atoms with Gasteiger partial charge in [0.2, 0.25) is 0 Å². The molecule has 0 amide bonds. The molecular weight excluding hydrogens is 160 g/mol. The Balaban J connectivity index is 2.17. The minimum atomic E-state index is -0.880. The van der Waals surface area contributed by atoms with Gasteiger partial charge in [0.25, 0.3) is 0 Å². The summed E-state index contributed by atoms with van der Waals surface area (Å²) < 4.78 is 11.1. The molecule has 0 saturated heterocycles. The number of hydrogen-bond acceptors (Lipinski definition) is 2. The van der Waals surface area contributed by atoms with Gasteiger partial charge in [-0.1, -0.05) is 6.92 Å². The first-order valence-electron chi connectivity index (χ1n) is 4.11. The van der Waals surface area contributed by atoms with Gasteiger partial charge in [-0.05, 0) is 19.3 Å². The van der Waals surface area contributed by atoms with Crippen LogP contribution in [0.5, 0.6) is 0 Å². The average Bonchev–Trinajstić information content (AvgIpc) is 2.67. The van der Waals surface area contributed by atoms with Crippen molar-refractivity contribution in [1.29, 1.82) is 0 Å². The predicted molar refractivity (Wildman–Crippen MR) is 45.9 cm³/mol. The second kappa shape index (κ2) is 4.00. The Morgan fingerprint density at radius 2 is 2.18 bits per heavy atom. The maximum atomic E-state index is 11.1. The van der Waals surface area contributed by atoms with E-state index in [4.69, 9.17) is 0 Å². The SMILES string of the molecule is CCCS(=O)CC(=O)C1CC1. The molecule has 0 radical (unpaired) electrons. The predicted octanol–water partition coefficient (Wildman–Crippen LogP) is 1.12. The molecular formula is C8H14O2S. The molecule has 0 aromatic rings. The van der Waals surface area contributed by atoms with Crippen molar-refractivity contribution < 1.29 is 9.00 Å². The van der Waals surface area contributed by atoms with Crippen molar-refractivity contribution in [2.75, 3.05) is 11.5 Å². The van der Waals surface area contributed by atoms with Gasteiger partial charge in [0.05, 0.1) is 5.75 Å². The molecule has 1 saturated carbocycles. The number of hydrogen-bond donors (Lipinski definition) is 0. The lowest BCUT2D eigenvalue weighted by molar-refractivity contribution is -0.117. The minimum absolute atomic E-state index is 0.219.